The fraction of sp³-hybridized carbons (Fsp3) is 0.370. The van der Waals surface area contributed by atoms with Crippen LogP contribution in [0.5, 0.6) is 0 Å². The molecule has 0 N–H and O–H groups in total. The molecule has 2 heterocycles. The first-order valence-corrected chi connectivity index (χ1v) is 11.4. The molecule has 0 radical (unpaired) electrons. The van der Waals surface area contributed by atoms with Crippen molar-refractivity contribution in [1.82, 2.24) is 19.8 Å². The van der Waals surface area contributed by atoms with Crippen LogP contribution in [-0.4, -0.2) is 52.9 Å². The summed E-state index contributed by atoms with van der Waals surface area (Å²) in [5.74, 6) is 0.410. The average molecular weight is 447 g/mol. The monoisotopic (exact) mass is 446 g/mol. The van der Waals surface area contributed by atoms with E-state index in [-0.39, 0.29) is 17.1 Å². The molecular formula is C27H31FN4O. The lowest BCUT2D eigenvalue weighted by molar-refractivity contribution is 0.0820. The zero-order valence-electron chi connectivity index (χ0n) is 19.8. The minimum absolute atomic E-state index is 0.104. The number of hydrogen-bond donors (Lipinski definition) is 0. The fourth-order valence-electron chi connectivity index (χ4n) is 4.61. The largest absolute Gasteiger partial charge is 0.343 e. The summed E-state index contributed by atoms with van der Waals surface area (Å²) in [7, 11) is 3.48. The van der Waals surface area contributed by atoms with Gasteiger partial charge in [0.25, 0.3) is 5.91 Å². The van der Waals surface area contributed by atoms with Gasteiger partial charge >= 0.3 is 0 Å². The molecule has 4 rings (SSSR count). The molecule has 33 heavy (non-hydrogen) atoms. The maximum Gasteiger partial charge on any atom is 0.272 e. The topological polar surface area (TPSA) is 49.3 Å². The molecule has 3 aromatic rings. The quantitative estimate of drug-likeness (QED) is 0.562. The van der Waals surface area contributed by atoms with E-state index in [4.69, 9.17) is 4.98 Å². The van der Waals surface area contributed by atoms with Gasteiger partial charge in [-0.1, -0.05) is 37.3 Å². The normalized spacial score (nSPS) is 18.8. The van der Waals surface area contributed by atoms with Crippen molar-refractivity contribution in [3.8, 4) is 11.1 Å². The van der Waals surface area contributed by atoms with Gasteiger partial charge in [0.15, 0.2) is 0 Å². The highest BCUT2D eigenvalue weighted by molar-refractivity contribution is 5.92. The number of rotatable bonds is 5. The van der Waals surface area contributed by atoms with E-state index < -0.39 is 0 Å². The molecule has 1 saturated heterocycles. The molecule has 0 saturated carbocycles. The van der Waals surface area contributed by atoms with Crippen molar-refractivity contribution in [3.63, 3.8) is 0 Å². The highest BCUT2D eigenvalue weighted by Gasteiger charge is 2.36. The van der Waals surface area contributed by atoms with Crippen LogP contribution in [0.1, 0.15) is 47.3 Å². The van der Waals surface area contributed by atoms with Crippen LogP contribution in [0.2, 0.25) is 0 Å². The number of benzene rings is 2. The van der Waals surface area contributed by atoms with Gasteiger partial charge in [0.1, 0.15) is 17.3 Å². The second kappa shape index (κ2) is 9.40. The van der Waals surface area contributed by atoms with E-state index in [0.717, 1.165) is 55.1 Å². The maximum atomic E-state index is 13.7. The predicted octanol–water partition coefficient (Wildman–Crippen LogP) is 4.85. The Morgan fingerprint density at radius 3 is 2.55 bits per heavy atom. The standard InChI is InChI=1S/C27H31FN4O/c1-19-14-24(25(33)31(3)4)30-26(29-19)27(2)12-7-13-32(18-27)17-20-8-5-9-21(15-20)22-10-6-11-23(28)16-22/h5-6,8-11,14-16H,7,12-13,17-18H2,1-4H3. The first-order valence-electron chi connectivity index (χ1n) is 11.4. The second-order valence-electron chi connectivity index (χ2n) is 9.50. The molecule has 1 aromatic heterocycles. The van der Waals surface area contributed by atoms with Crippen LogP contribution in [0.3, 0.4) is 0 Å². The minimum atomic E-state index is -0.230. The van der Waals surface area contributed by atoms with E-state index in [9.17, 15) is 9.18 Å². The van der Waals surface area contributed by atoms with Crippen molar-refractivity contribution in [1.29, 1.82) is 0 Å². The Bertz CT molecular complexity index is 1160. The van der Waals surface area contributed by atoms with Crippen LogP contribution in [0.25, 0.3) is 11.1 Å². The summed E-state index contributed by atoms with van der Waals surface area (Å²) < 4.78 is 13.7. The van der Waals surface area contributed by atoms with Gasteiger partial charge in [0, 0.05) is 38.3 Å². The molecule has 0 bridgehead atoms. The number of aromatic nitrogens is 2. The Balaban J connectivity index is 1.55. The molecule has 1 unspecified atom stereocenters. The van der Waals surface area contributed by atoms with Crippen molar-refractivity contribution in [2.24, 2.45) is 0 Å². The summed E-state index contributed by atoms with van der Waals surface area (Å²) >= 11 is 0. The summed E-state index contributed by atoms with van der Waals surface area (Å²) in [4.78, 5) is 25.9. The maximum absolute atomic E-state index is 13.7. The molecule has 0 aliphatic carbocycles. The van der Waals surface area contributed by atoms with Gasteiger partial charge in [-0.25, -0.2) is 14.4 Å². The van der Waals surface area contributed by atoms with E-state index in [2.05, 4.69) is 28.9 Å². The number of aryl methyl sites for hydroxylation is 1. The minimum Gasteiger partial charge on any atom is -0.343 e. The molecule has 1 fully saturated rings. The average Bonchev–Trinajstić information content (AvgIpc) is 2.78. The number of amides is 1. The van der Waals surface area contributed by atoms with Crippen LogP contribution >= 0.6 is 0 Å². The first-order chi connectivity index (χ1) is 15.7. The Hall–Kier alpha value is -3.12. The summed E-state index contributed by atoms with van der Waals surface area (Å²) in [5.41, 5.74) is 4.11. The van der Waals surface area contributed by atoms with Gasteiger partial charge in [-0.05, 0) is 67.3 Å². The number of hydrogen-bond acceptors (Lipinski definition) is 4. The molecule has 1 aliphatic heterocycles. The van der Waals surface area contributed by atoms with Gasteiger partial charge in [-0.15, -0.1) is 0 Å². The summed E-state index contributed by atoms with van der Waals surface area (Å²) in [6.45, 7) is 6.72. The molecule has 6 heteroatoms. The molecule has 1 amide bonds. The van der Waals surface area contributed by atoms with Crippen LogP contribution in [0, 0.1) is 12.7 Å². The van der Waals surface area contributed by atoms with Crippen molar-refractivity contribution < 1.29 is 9.18 Å². The van der Waals surface area contributed by atoms with Gasteiger partial charge in [0.2, 0.25) is 0 Å². The molecule has 172 valence electrons. The zero-order valence-corrected chi connectivity index (χ0v) is 19.8. The van der Waals surface area contributed by atoms with Crippen LogP contribution in [0.4, 0.5) is 4.39 Å². The van der Waals surface area contributed by atoms with E-state index in [1.54, 1.807) is 37.2 Å². The van der Waals surface area contributed by atoms with Crippen LogP contribution < -0.4 is 0 Å². The lowest BCUT2D eigenvalue weighted by atomic mass is 9.80. The molecule has 5 nitrogen and oxygen atoms in total. The van der Waals surface area contributed by atoms with E-state index in [0.29, 0.717) is 5.69 Å². The number of piperidine rings is 1. The van der Waals surface area contributed by atoms with E-state index in [1.807, 2.05) is 25.1 Å². The van der Waals surface area contributed by atoms with Gasteiger partial charge < -0.3 is 4.90 Å². The Morgan fingerprint density at radius 1 is 1.09 bits per heavy atom. The fourth-order valence-corrected chi connectivity index (χ4v) is 4.61. The van der Waals surface area contributed by atoms with Crippen LogP contribution in [-0.2, 0) is 12.0 Å². The predicted molar refractivity (Wildman–Crippen MR) is 128 cm³/mol. The molecule has 1 atom stereocenters. The highest BCUT2D eigenvalue weighted by atomic mass is 19.1. The van der Waals surface area contributed by atoms with Gasteiger partial charge in [0.05, 0.1) is 0 Å². The lowest BCUT2D eigenvalue weighted by Gasteiger charge is -2.39. The Labute approximate surface area is 195 Å². The van der Waals surface area contributed by atoms with Crippen molar-refractivity contribution >= 4 is 5.91 Å². The zero-order chi connectivity index (χ0) is 23.6. The summed E-state index contributed by atoms with van der Waals surface area (Å²) in [6.07, 6.45) is 2.01. The Morgan fingerprint density at radius 2 is 1.82 bits per heavy atom. The third kappa shape index (κ3) is 5.28. The number of nitrogens with zero attached hydrogens (tertiary/aromatic N) is 4. The number of carbonyl (C=O) groups is 1. The van der Waals surface area contributed by atoms with Crippen molar-refractivity contribution in [2.45, 2.75) is 38.6 Å². The number of likely N-dealkylation sites (tertiary alicyclic amines) is 1. The highest BCUT2D eigenvalue weighted by Crippen LogP contribution is 2.33. The second-order valence-corrected chi connectivity index (χ2v) is 9.50. The lowest BCUT2D eigenvalue weighted by Crippen LogP contribution is -2.45. The summed E-state index contributed by atoms with van der Waals surface area (Å²) in [5, 5.41) is 0. The van der Waals surface area contributed by atoms with E-state index >= 15 is 0 Å². The first kappa shape index (κ1) is 23.1. The molecule has 0 spiro atoms. The molecule has 1 aliphatic rings. The molecular weight excluding hydrogens is 415 g/mol. The van der Waals surface area contributed by atoms with Crippen molar-refractivity contribution in [3.05, 3.63) is 83.2 Å². The van der Waals surface area contributed by atoms with Gasteiger partial charge in [-0.2, -0.15) is 0 Å². The van der Waals surface area contributed by atoms with E-state index in [1.165, 1.54) is 11.6 Å². The third-order valence-electron chi connectivity index (χ3n) is 6.29. The SMILES string of the molecule is Cc1cc(C(=O)N(C)C)nc(C2(C)CCCN(Cc3cccc(-c4cccc(F)c4)c3)C2)n1. The van der Waals surface area contributed by atoms with Crippen LogP contribution in [0.15, 0.2) is 54.6 Å². The smallest absolute Gasteiger partial charge is 0.272 e. The third-order valence-corrected chi connectivity index (χ3v) is 6.29. The summed E-state index contributed by atoms with van der Waals surface area (Å²) in [6, 6.07) is 16.8. The van der Waals surface area contributed by atoms with Gasteiger partial charge in [-0.3, -0.25) is 9.69 Å². The Kier molecular flexibility index (Phi) is 6.56. The van der Waals surface area contributed by atoms with Crippen molar-refractivity contribution in [2.75, 3.05) is 27.2 Å². The number of halogens is 1. The number of carbonyl (C=O) groups excluding carboxylic acids is 1. The molecule has 2 aromatic carbocycles.